The van der Waals surface area contributed by atoms with Gasteiger partial charge in [0.1, 0.15) is 0 Å². The van der Waals surface area contributed by atoms with Gasteiger partial charge in [-0.2, -0.15) is 0 Å². The molecule has 2 atom stereocenters. The van der Waals surface area contributed by atoms with Crippen molar-refractivity contribution in [3.05, 3.63) is 0 Å². The van der Waals surface area contributed by atoms with Crippen molar-refractivity contribution >= 4 is 0 Å². The van der Waals surface area contributed by atoms with Gasteiger partial charge in [-0.15, -0.1) is 0 Å². The molecule has 0 aromatic carbocycles. The van der Waals surface area contributed by atoms with Gasteiger partial charge in [0.25, 0.3) is 0 Å². The van der Waals surface area contributed by atoms with Crippen molar-refractivity contribution < 1.29 is 0 Å². The summed E-state index contributed by atoms with van der Waals surface area (Å²) in [7, 11) is 0. The number of rotatable bonds is 0. The summed E-state index contributed by atoms with van der Waals surface area (Å²) < 4.78 is 0. The average molecular weight is 180 g/mol. The second kappa shape index (κ2) is 3.29. The minimum absolute atomic E-state index is 0.564. The highest BCUT2D eigenvalue weighted by atomic mass is 14.4. The molecule has 2 bridgehead atoms. The van der Waals surface area contributed by atoms with E-state index < -0.39 is 0 Å². The van der Waals surface area contributed by atoms with Gasteiger partial charge in [-0.1, -0.05) is 40.0 Å². The molecule has 0 nitrogen and oxygen atoms in total. The fourth-order valence-electron chi connectivity index (χ4n) is 3.44. The molecule has 0 aliphatic heterocycles. The molecule has 2 fully saturated rings. The van der Waals surface area contributed by atoms with Gasteiger partial charge in [0, 0.05) is 0 Å². The van der Waals surface area contributed by atoms with Crippen molar-refractivity contribution in [3.63, 3.8) is 0 Å². The summed E-state index contributed by atoms with van der Waals surface area (Å²) in [4.78, 5) is 0. The normalized spacial score (nSPS) is 40.4. The van der Waals surface area contributed by atoms with Crippen LogP contribution in [-0.2, 0) is 0 Å². The summed E-state index contributed by atoms with van der Waals surface area (Å²) in [6, 6.07) is 0. The molecular weight excluding hydrogens is 156 g/mol. The van der Waals surface area contributed by atoms with Gasteiger partial charge in [-0.05, 0) is 42.4 Å². The van der Waals surface area contributed by atoms with Crippen LogP contribution in [0.15, 0.2) is 0 Å². The Balaban J connectivity index is 2.01. The minimum Gasteiger partial charge on any atom is -0.0599 e. The Morgan fingerprint density at radius 2 is 1.38 bits per heavy atom. The van der Waals surface area contributed by atoms with Gasteiger partial charge in [-0.3, -0.25) is 0 Å². The number of hydrogen-bond donors (Lipinski definition) is 0. The van der Waals surface area contributed by atoms with E-state index in [0.29, 0.717) is 5.41 Å². The van der Waals surface area contributed by atoms with Gasteiger partial charge in [0.05, 0.1) is 0 Å². The van der Waals surface area contributed by atoms with Gasteiger partial charge < -0.3 is 0 Å². The summed E-state index contributed by atoms with van der Waals surface area (Å²) in [6.45, 7) is 7.29. The maximum atomic E-state index is 2.43. The molecule has 2 saturated carbocycles. The van der Waals surface area contributed by atoms with E-state index in [1.807, 2.05) is 0 Å². The third-order valence-electron chi connectivity index (χ3n) is 4.35. The molecule has 0 amide bonds. The van der Waals surface area contributed by atoms with Gasteiger partial charge in [0.2, 0.25) is 0 Å². The quantitative estimate of drug-likeness (QED) is 0.523. The molecule has 2 aliphatic rings. The second-order valence-corrected chi connectivity index (χ2v) is 6.43. The van der Waals surface area contributed by atoms with Crippen LogP contribution in [0.25, 0.3) is 0 Å². The topological polar surface area (TPSA) is 0 Å². The maximum absolute atomic E-state index is 2.43. The van der Waals surface area contributed by atoms with Crippen molar-refractivity contribution in [2.24, 2.45) is 23.2 Å². The zero-order valence-electron chi connectivity index (χ0n) is 9.47. The zero-order valence-corrected chi connectivity index (χ0v) is 9.47. The van der Waals surface area contributed by atoms with Crippen LogP contribution < -0.4 is 0 Å². The molecule has 0 saturated heterocycles. The van der Waals surface area contributed by atoms with Crippen molar-refractivity contribution in [1.29, 1.82) is 0 Å². The van der Waals surface area contributed by atoms with Crippen LogP contribution in [0.1, 0.15) is 59.3 Å². The Bertz CT molecular complexity index is 163. The van der Waals surface area contributed by atoms with Crippen molar-refractivity contribution in [2.45, 2.75) is 59.3 Å². The number of fused-ring (bicyclic) bond motifs is 2. The van der Waals surface area contributed by atoms with E-state index in [1.54, 1.807) is 6.42 Å². The summed E-state index contributed by atoms with van der Waals surface area (Å²) >= 11 is 0. The Kier molecular flexibility index (Phi) is 2.42. The van der Waals surface area contributed by atoms with Crippen molar-refractivity contribution in [1.82, 2.24) is 0 Å². The van der Waals surface area contributed by atoms with E-state index in [-0.39, 0.29) is 0 Å². The number of hydrogen-bond acceptors (Lipinski definition) is 0. The molecule has 0 heterocycles. The molecule has 0 spiro atoms. The Morgan fingerprint density at radius 1 is 0.846 bits per heavy atom. The molecular formula is C13H24. The predicted molar refractivity (Wildman–Crippen MR) is 57.6 cm³/mol. The fourth-order valence-corrected chi connectivity index (χ4v) is 3.44. The van der Waals surface area contributed by atoms with E-state index in [4.69, 9.17) is 0 Å². The maximum Gasteiger partial charge on any atom is -0.0354 e. The summed E-state index contributed by atoms with van der Waals surface area (Å²) in [5.41, 5.74) is 0.564. The first-order valence-electron chi connectivity index (χ1n) is 6.05. The first kappa shape index (κ1) is 9.55. The molecule has 2 aliphatic carbocycles. The molecule has 2 rings (SSSR count). The molecule has 0 aromatic heterocycles. The van der Waals surface area contributed by atoms with Crippen molar-refractivity contribution in [3.8, 4) is 0 Å². The smallest absolute Gasteiger partial charge is 0.0354 e. The molecule has 0 heteroatoms. The standard InChI is InChI=1S/C13H24/c1-13(2,3)12-8-10-5-4-6-11(7-10)9-12/h10-12H,4-9H2,1-3H3. The first-order valence-corrected chi connectivity index (χ1v) is 6.05. The van der Waals surface area contributed by atoms with Crippen LogP contribution in [0.4, 0.5) is 0 Å². The lowest BCUT2D eigenvalue weighted by Gasteiger charge is -2.44. The summed E-state index contributed by atoms with van der Waals surface area (Å²) in [5, 5.41) is 0. The predicted octanol–water partition coefficient (Wildman–Crippen LogP) is 4.25. The van der Waals surface area contributed by atoms with E-state index in [1.165, 1.54) is 32.1 Å². The van der Waals surface area contributed by atoms with Crippen LogP contribution in [0.3, 0.4) is 0 Å². The largest absolute Gasteiger partial charge is 0.0599 e. The van der Waals surface area contributed by atoms with E-state index in [9.17, 15) is 0 Å². The van der Waals surface area contributed by atoms with E-state index >= 15 is 0 Å². The molecule has 0 N–H and O–H groups in total. The lowest BCUT2D eigenvalue weighted by Crippen LogP contribution is -2.33. The van der Waals surface area contributed by atoms with Gasteiger partial charge >= 0.3 is 0 Å². The summed E-state index contributed by atoms with van der Waals surface area (Å²) in [6.07, 6.45) is 9.20. The van der Waals surface area contributed by atoms with Crippen LogP contribution in [0, 0.1) is 23.2 Å². The van der Waals surface area contributed by atoms with Crippen LogP contribution in [-0.4, -0.2) is 0 Å². The highest BCUT2D eigenvalue weighted by molar-refractivity contribution is 4.87. The highest BCUT2D eigenvalue weighted by Gasteiger charge is 2.36. The molecule has 0 aromatic rings. The van der Waals surface area contributed by atoms with Crippen molar-refractivity contribution in [2.75, 3.05) is 0 Å². The fraction of sp³-hybridized carbons (Fsp3) is 1.00. The molecule has 13 heavy (non-hydrogen) atoms. The Labute approximate surface area is 83.1 Å². The molecule has 76 valence electrons. The molecule has 2 unspecified atom stereocenters. The Hall–Kier alpha value is 0. The SMILES string of the molecule is CC(C)(C)C1CC2CCCC(C2)C1. The lowest BCUT2D eigenvalue weighted by atomic mass is 9.62. The molecule has 0 radical (unpaired) electrons. The highest BCUT2D eigenvalue weighted by Crippen LogP contribution is 2.48. The van der Waals surface area contributed by atoms with Crippen LogP contribution in [0.5, 0.6) is 0 Å². The first-order chi connectivity index (χ1) is 6.05. The Morgan fingerprint density at radius 3 is 1.85 bits per heavy atom. The monoisotopic (exact) mass is 180 g/mol. The second-order valence-electron chi connectivity index (χ2n) is 6.43. The van der Waals surface area contributed by atoms with Crippen LogP contribution in [0.2, 0.25) is 0 Å². The van der Waals surface area contributed by atoms with Gasteiger partial charge in [0.15, 0.2) is 0 Å². The third-order valence-corrected chi connectivity index (χ3v) is 4.35. The third kappa shape index (κ3) is 2.08. The minimum atomic E-state index is 0.564. The van der Waals surface area contributed by atoms with E-state index in [2.05, 4.69) is 20.8 Å². The zero-order chi connectivity index (χ0) is 9.47. The summed E-state index contributed by atoms with van der Waals surface area (Å²) in [5.74, 6) is 3.20. The van der Waals surface area contributed by atoms with E-state index in [0.717, 1.165) is 17.8 Å². The lowest BCUT2D eigenvalue weighted by molar-refractivity contribution is 0.0701. The van der Waals surface area contributed by atoms with Gasteiger partial charge in [-0.25, -0.2) is 0 Å². The average Bonchev–Trinajstić information content (AvgIpc) is 2.01. The van der Waals surface area contributed by atoms with Crippen LogP contribution >= 0.6 is 0 Å².